The third kappa shape index (κ3) is 3.14. The lowest BCUT2D eigenvalue weighted by Crippen LogP contribution is -2.23. The van der Waals surface area contributed by atoms with E-state index in [-0.39, 0.29) is 6.04 Å². The first kappa shape index (κ1) is 13.5. The van der Waals surface area contributed by atoms with Crippen LogP contribution in [-0.4, -0.2) is 20.6 Å². The fraction of sp³-hybridized carbons (Fsp3) is 0.188. The van der Waals surface area contributed by atoms with Gasteiger partial charge in [0.05, 0.1) is 12.6 Å². The van der Waals surface area contributed by atoms with Crippen molar-refractivity contribution in [3.05, 3.63) is 77.1 Å². The summed E-state index contributed by atoms with van der Waals surface area (Å²) in [4.78, 5) is 0. The first-order valence-corrected chi connectivity index (χ1v) is 6.91. The van der Waals surface area contributed by atoms with Crippen LogP contribution in [0.1, 0.15) is 28.6 Å². The first-order valence-electron chi connectivity index (χ1n) is 6.91. The molecule has 21 heavy (non-hydrogen) atoms. The van der Waals surface area contributed by atoms with Gasteiger partial charge in [0.25, 0.3) is 0 Å². The second-order valence-corrected chi connectivity index (χ2v) is 4.91. The van der Waals surface area contributed by atoms with E-state index < -0.39 is 0 Å². The molecule has 1 aromatic heterocycles. The molecular weight excluding hydrogens is 262 g/mol. The highest BCUT2D eigenvalue weighted by Crippen LogP contribution is 2.24. The zero-order chi connectivity index (χ0) is 14.5. The summed E-state index contributed by atoms with van der Waals surface area (Å²) >= 11 is 0. The van der Waals surface area contributed by atoms with Gasteiger partial charge in [-0.2, -0.15) is 5.21 Å². The SMILES string of the molecule is Cc1ccccc1C(NCc1nn[nH]n1)c1ccccc1. The summed E-state index contributed by atoms with van der Waals surface area (Å²) in [5.41, 5.74) is 3.73. The van der Waals surface area contributed by atoms with Gasteiger partial charge in [-0.05, 0) is 23.6 Å². The lowest BCUT2D eigenvalue weighted by atomic mass is 9.95. The lowest BCUT2D eigenvalue weighted by molar-refractivity contribution is 0.585. The molecule has 5 nitrogen and oxygen atoms in total. The lowest BCUT2D eigenvalue weighted by Gasteiger charge is -2.21. The Kier molecular flexibility index (Phi) is 4.02. The van der Waals surface area contributed by atoms with Gasteiger partial charge in [-0.3, -0.25) is 5.32 Å². The third-order valence-electron chi connectivity index (χ3n) is 3.49. The fourth-order valence-corrected chi connectivity index (χ4v) is 2.41. The standard InChI is InChI=1S/C16H17N5/c1-12-7-5-6-10-14(12)16(13-8-3-2-4-9-13)17-11-15-18-20-21-19-15/h2-10,16-17H,11H2,1H3,(H,18,19,20,21). The second kappa shape index (κ2) is 6.28. The minimum absolute atomic E-state index is 0.103. The molecule has 1 atom stereocenters. The number of rotatable bonds is 5. The number of tetrazole rings is 1. The van der Waals surface area contributed by atoms with E-state index in [2.05, 4.69) is 81.4 Å². The molecule has 1 unspecified atom stereocenters. The van der Waals surface area contributed by atoms with Crippen molar-refractivity contribution in [1.82, 2.24) is 25.9 Å². The maximum Gasteiger partial charge on any atom is 0.188 e. The molecule has 0 radical (unpaired) electrons. The summed E-state index contributed by atoms with van der Waals surface area (Å²) in [5, 5.41) is 17.5. The van der Waals surface area contributed by atoms with Gasteiger partial charge in [0.2, 0.25) is 0 Å². The molecule has 5 heteroatoms. The van der Waals surface area contributed by atoms with Crippen LogP contribution >= 0.6 is 0 Å². The van der Waals surface area contributed by atoms with Crippen molar-refractivity contribution in [2.24, 2.45) is 0 Å². The molecule has 1 heterocycles. The average Bonchev–Trinajstić information content (AvgIpc) is 3.04. The molecule has 2 aromatic carbocycles. The fourth-order valence-electron chi connectivity index (χ4n) is 2.41. The van der Waals surface area contributed by atoms with Crippen LogP contribution in [0.15, 0.2) is 54.6 Å². The Hall–Kier alpha value is -2.53. The molecule has 3 rings (SSSR count). The van der Waals surface area contributed by atoms with Crippen molar-refractivity contribution in [3.8, 4) is 0 Å². The van der Waals surface area contributed by atoms with Crippen LogP contribution in [0.5, 0.6) is 0 Å². The zero-order valence-corrected chi connectivity index (χ0v) is 11.8. The number of hydrogen-bond acceptors (Lipinski definition) is 4. The van der Waals surface area contributed by atoms with E-state index in [0.29, 0.717) is 12.4 Å². The van der Waals surface area contributed by atoms with Crippen molar-refractivity contribution in [2.45, 2.75) is 19.5 Å². The molecule has 0 saturated heterocycles. The van der Waals surface area contributed by atoms with Crippen molar-refractivity contribution < 1.29 is 0 Å². The Morgan fingerprint density at radius 1 is 1.05 bits per heavy atom. The van der Waals surface area contributed by atoms with Crippen LogP contribution in [0.25, 0.3) is 0 Å². The number of nitrogens with one attached hydrogen (secondary N) is 2. The molecular formula is C16H17N5. The number of H-pyrrole nitrogens is 1. The van der Waals surface area contributed by atoms with Gasteiger partial charge in [0, 0.05) is 0 Å². The molecule has 0 bridgehead atoms. The monoisotopic (exact) mass is 279 g/mol. The predicted octanol–water partition coefficient (Wildman–Crippen LogP) is 2.39. The van der Waals surface area contributed by atoms with Crippen LogP contribution in [0.4, 0.5) is 0 Å². The van der Waals surface area contributed by atoms with Crippen molar-refractivity contribution in [3.63, 3.8) is 0 Å². The van der Waals surface area contributed by atoms with Gasteiger partial charge >= 0.3 is 0 Å². The molecule has 0 aliphatic carbocycles. The van der Waals surface area contributed by atoms with E-state index in [1.54, 1.807) is 0 Å². The molecule has 2 N–H and O–H groups in total. The van der Waals surface area contributed by atoms with Crippen LogP contribution in [-0.2, 0) is 6.54 Å². The quantitative estimate of drug-likeness (QED) is 0.752. The molecule has 0 spiro atoms. The molecule has 0 saturated carbocycles. The Bertz CT molecular complexity index is 679. The Morgan fingerprint density at radius 3 is 2.52 bits per heavy atom. The first-order chi connectivity index (χ1) is 10.3. The predicted molar refractivity (Wildman–Crippen MR) is 80.5 cm³/mol. The summed E-state index contributed by atoms with van der Waals surface area (Å²) in [6.45, 7) is 2.69. The minimum atomic E-state index is 0.103. The normalized spacial score (nSPS) is 12.2. The number of aromatic nitrogens is 4. The molecule has 0 aliphatic rings. The Morgan fingerprint density at radius 2 is 1.81 bits per heavy atom. The summed E-state index contributed by atoms with van der Waals surface area (Å²) in [7, 11) is 0. The second-order valence-electron chi connectivity index (χ2n) is 4.91. The Balaban J connectivity index is 1.90. The number of aromatic amines is 1. The Labute approximate surface area is 123 Å². The average molecular weight is 279 g/mol. The van der Waals surface area contributed by atoms with Gasteiger partial charge in [0.15, 0.2) is 5.82 Å². The highest BCUT2D eigenvalue weighted by molar-refractivity contribution is 5.36. The number of aryl methyl sites for hydroxylation is 1. The van der Waals surface area contributed by atoms with E-state index in [4.69, 9.17) is 0 Å². The third-order valence-corrected chi connectivity index (χ3v) is 3.49. The maximum absolute atomic E-state index is 3.99. The van der Waals surface area contributed by atoms with Gasteiger partial charge in [-0.1, -0.05) is 59.8 Å². The molecule has 106 valence electrons. The van der Waals surface area contributed by atoms with Crippen LogP contribution < -0.4 is 5.32 Å². The topological polar surface area (TPSA) is 66.5 Å². The summed E-state index contributed by atoms with van der Waals surface area (Å²) in [6.07, 6.45) is 0. The van der Waals surface area contributed by atoms with E-state index in [9.17, 15) is 0 Å². The van der Waals surface area contributed by atoms with Crippen molar-refractivity contribution in [1.29, 1.82) is 0 Å². The molecule has 0 amide bonds. The number of nitrogens with zero attached hydrogens (tertiary/aromatic N) is 3. The van der Waals surface area contributed by atoms with Crippen molar-refractivity contribution >= 4 is 0 Å². The van der Waals surface area contributed by atoms with Crippen LogP contribution in [0, 0.1) is 6.92 Å². The summed E-state index contributed by atoms with van der Waals surface area (Å²) in [6, 6.07) is 18.9. The molecule has 0 aliphatic heterocycles. The van der Waals surface area contributed by atoms with E-state index in [1.165, 1.54) is 16.7 Å². The summed E-state index contributed by atoms with van der Waals surface area (Å²) < 4.78 is 0. The highest BCUT2D eigenvalue weighted by Gasteiger charge is 2.15. The van der Waals surface area contributed by atoms with Gasteiger partial charge in [0.1, 0.15) is 0 Å². The van der Waals surface area contributed by atoms with Crippen LogP contribution in [0.2, 0.25) is 0 Å². The van der Waals surface area contributed by atoms with Gasteiger partial charge in [-0.25, -0.2) is 0 Å². The van der Waals surface area contributed by atoms with E-state index >= 15 is 0 Å². The largest absolute Gasteiger partial charge is 0.299 e. The van der Waals surface area contributed by atoms with E-state index in [0.717, 1.165) is 0 Å². The van der Waals surface area contributed by atoms with Gasteiger partial charge in [-0.15, -0.1) is 10.2 Å². The zero-order valence-electron chi connectivity index (χ0n) is 11.8. The number of benzene rings is 2. The highest BCUT2D eigenvalue weighted by atomic mass is 15.5. The maximum atomic E-state index is 3.99. The number of hydrogen-bond donors (Lipinski definition) is 2. The van der Waals surface area contributed by atoms with Gasteiger partial charge < -0.3 is 0 Å². The minimum Gasteiger partial charge on any atom is -0.299 e. The van der Waals surface area contributed by atoms with Crippen molar-refractivity contribution in [2.75, 3.05) is 0 Å². The van der Waals surface area contributed by atoms with E-state index in [1.807, 2.05) is 6.07 Å². The van der Waals surface area contributed by atoms with Crippen LogP contribution in [0.3, 0.4) is 0 Å². The molecule has 0 fully saturated rings. The molecule has 3 aromatic rings. The smallest absolute Gasteiger partial charge is 0.188 e. The summed E-state index contributed by atoms with van der Waals surface area (Å²) in [5.74, 6) is 0.657.